The molecule has 82 valence electrons. The van der Waals surface area contributed by atoms with Gasteiger partial charge in [-0.2, -0.15) is 0 Å². The molecule has 1 heterocycles. The minimum Gasteiger partial charge on any atom is -0.381 e. The molecule has 0 radical (unpaired) electrons. The number of nitrogens with one attached hydrogen (secondary N) is 1. The summed E-state index contributed by atoms with van der Waals surface area (Å²) in [6.07, 6.45) is 3.55. The number of hydrogen-bond donors (Lipinski definition) is 1. The van der Waals surface area contributed by atoms with Gasteiger partial charge in [0.25, 0.3) is 0 Å². The number of halogens is 1. The summed E-state index contributed by atoms with van der Waals surface area (Å²) in [6, 6.07) is 12.2. The zero-order valence-corrected chi connectivity index (χ0v) is 9.61. The highest BCUT2D eigenvalue weighted by atomic mass is 35.5. The molecule has 1 aromatic carbocycles. The molecule has 0 atom stereocenters. The van der Waals surface area contributed by atoms with Crippen LogP contribution < -0.4 is 5.32 Å². The van der Waals surface area contributed by atoms with Crippen LogP contribution in [0.25, 0.3) is 0 Å². The van der Waals surface area contributed by atoms with Crippen molar-refractivity contribution in [2.24, 2.45) is 0 Å². The summed E-state index contributed by atoms with van der Waals surface area (Å²) < 4.78 is 0. The second-order valence-corrected chi connectivity index (χ2v) is 3.81. The van der Waals surface area contributed by atoms with Crippen molar-refractivity contribution < 1.29 is 0 Å². The van der Waals surface area contributed by atoms with Gasteiger partial charge in [0.2, 0.25) is 0 Å². The predicted octanol–water partition coefficient (Wildman–Crippen LogP) is 3.43. The molecule has 0 aliphatic heterocycles. The highest BCUT2D eigenvalue weighted by Crippen LogP contribution is 2.10. The van der Waals surface area contributed by atoms with Crippen LogP contribution in [0.3, 0.4) is 0 Å². The molecule has 2 rings (SSSR count). The number of nitrogens with zero attached hydrogens (tertiary/aromatic N) is 1. The van der Waals surface area contributed by atoms with Gasteiger partial charge in [0.15, 0.2) is 0 Å². The standard InChI is InChI=1S/C13H13ClN2/c14-9-11-2-1-3-12(8-11)10-16-13-4-6-15-7-5-13/h1-8H,9-10H2,(H,15,16). The van der Waals surface area contributed by atoms with Gasteiger partial charge in [-0.1, -0.05) is 24.3 Å². The SMILES string of the molecule is ClCc1cccc(CNc2ccncc2)c1. The monoisotopic (exact) mass is 232 g/mol. The van der Waals surface area contributed by atoms with Gasteiger partial charge < -0.3 is 5.32 Å². The van der Waals surface area contributed by atoms with E-state index >= 15 is 0 Å². The lowest BCUT2D eigenvalue weighted by Gasteiger charge is -2.06. The maximum atomic E-state index is 5.79. The first-order valence-corrected chi connectivity index (χ1v) is 5.69. The minimum atomic E-state index is 0.559. The number of aromatic nitrogens is 1. The molecule has 0 amide bonds. The first-order chi connectivity index (χ1) is 7.88. The third-order valence-electron chi connectivity index (χ3n) is 2.32. The van der Waals surface area contributed by atoms with Crippen LogP contribution in [0.4, 0.5) is 5.69 Å². The van der Waals surface area contributed by atoms with Gasteiger partial charge in [0, 0.05) is 30.5 Å². The summed E-state index contributed by atoms with van der Waals surface area (Å²) in [5, 5.41) is 3.33. The molecule has 1 N–H and O–H groups in total. The second kappa shape index (κ2) is 5.52. The molecule has 0 aliphatic carbocycles. The molecule has 1 aromatic heterocycles. The van der Waals surface area contributed by atoms with E-state index in [1.807, 2.05) is 24.3 Å². The van der Waals surface area contributed by atoms with Crippen LogP contribution in [-0.2, 0) is 12.4 Å². The van der Waals surface area contributed by atoms with Crippen molar-refractivity contribution in [1.29, 1.82) is 0 Å². The normalized spacial score (nSPS) is 10.1. The largest absolute Gasteiger partial charge is 0.381 e. The maximum Gasteiger partial charge on any atom is 0.0474 e. The zero-order chi connectivity index (χ0) is 11.2. The maximum absolute atomic E-state index is 5.79. The van der Waals surface area contributed by atoms with Crippen molar-refractivity contribution in [2.75, 3.05) is 5.32 Å². The topological polar surface area (TPSA) is 24.9 Å². The lowest BCUT2D eigenvalue weighted by atomic mass is 10.1. The minimum absolute atomic E-state index is 0.559. The Balaban J connectivity index is 1.99. The fraction of sp³-hybridized carbons (Fsp3) is 0.154. The number of hydrogen-bond acceptors (Lipinski definition) is 2. The van der Waals surface area contributed by atoms with Crippen molar-refractivity contribution in [3.63, 3.8) is 0 Å². The van der Waals surface area contributed by atoms with Crippen LogP contribution in [0.1, 0.15) is 11.1 Å². The Labute approximate surface area is 100 Å². The van der Waals surface area contributed by atoms with E-state index in [-0.39, 0.29) is 0 Å². The summed E-state index contributed by atoms with van der Waals surface area (Å²) in [4.78, 5) is 3.97. The van der Waals surface area contributed by atoms with Gasteiger partial charge in [0.05, 0.1) is 0 Å². The highest BCUT2D eigenvalue weighted by molar-refractivity contribution is 6.17. The average molecular weight is 233 g/mol. The molecule has 0 saturated heterocycles. The van der Waals surface area contributed by atoms with Crippen molar-refractivity contribution >= 4 is 17.3 Å². The summed E-state index contributed by atoms with van der Waals surface area (Å²) in [7, 11) is 0. The Morgan fingerprint density at radius 1 is 1.06 bits per heavy atom. The third kappa shape index (κ3) is 2.97. The van der Waals surface area contributed by atoms with Crippen LogP contribution in [-0.4, -0.2) is 4.98 Å². The van der Waals surface area contributed by atoms with Crippen LogP contribution in [0.15, 0.2) is 48.8 Å². The molecule has 2 nitrogen and oxygen atoms in total. The Morgan fingerprint density at radius 2 is 1.81 bits per heavy atom. The van der Waals surface area contributed by atoms with Gasteiger partial charge in [0.1, 0.15) is 0 Å². The molecule has 0 bridgehead atoms. The quantitative estimate of drug-likeness (QED) is 0.817. The Kier molecular flexibility index (Phi) is 3.78. The molecule has 0 saturated carbocycles. The van der Waals surface area contributed by atoms with Gasteiger partial charge >= 0.3 is 0 Å². The van der Waals surface area contributed by atoms with Crippen LogP contribution in [0.5, 0.6) is 0 Å². The van der Waals surface area contributed by atoms with Crippen LogP contribution >= 0.6 is 11.6 Å². The highest BCUT2D eigenvalue weighted by Gasteiger charge is 1.95. The van der Waals surface area contributed by atoms with Gasteiger partial charge in [-0.15, -0.1) is 11.6 Å². The summed E-state index contributed by atoms with van der Waals surface area (Å²) in [6.45, 7) is 0.800. The fourth-order valence-electron chi connectivity index (χ4n) is 1.50. The van der Waals surface area contributed by atoms with Crippen LogP contribution in [0.2, 0.25) is 0 Å². The lowest BCUT2D eigenvalue weighted by molar-refractivity contribution is 1.13. The van der Waals surface area contributed by atoms with Crippen molar-refractivity contribution in [3.8, 4) is 0 Å². The molecule has 0 spiro atoms. The van der Waals surface area contributed by atoms with Gasteiger partial charge in [-0.3, -0.25) is 4.98 Å². The predicted molar refractivity (Wildman–Crippen MR) is 67.6 cm³/mol. The van der Waals surface area contributed by atoms with E-state index in [4.69, 9.17) is 11.6 Å². The number of alkyl halides is 1. The smallest absolute Gasteiger partial charge is 0.0474 e. The van der Waals surface area contributed by atoms with Crippen LogP contribution in [0, 0.1) is 0 Å². The van der Waals surface area contributed by atoms with E-state index in [0.717, 1.165) is 17.8 Å². The number of anilines is 1. The van der Waals surface area contributed by atoms with E-state index in [1.54, 1.807) is 12.4 Å². The zero-order valence-electron chi connectivity index (χ0n) is 8.86. The average Bonchev–Trinajstić information content (AvgIpc) is 2.38. The molecule has 16 heavy (non-hydrogen) atoms. The number of benzene rings is 1. The van der Waals surface area contributed by atoms with Gasteiger partial charge in [-0.05, 0) is 23.3 Å². The summed E-state index contributed by atoms with van der Waals surface area (Å²) in [5.41, 5.74) is 3.46. The van der Waals surface area contributed by atoms with E-state index in [2.05, 4.69) is 22.4 Å². The van der Waals surface area contributed by atoms with E-state index in [9.17, 15) is 0 Å². The first-order valence-electron chi connectivity index (χ1n) is 5.16. The van der Waals surface area contributed by atoms with Crippen molar-refractivity contribution in [3.05, 3.63) is 59.9 Å². The molecule has 0 aliphatic rings. The van der Waals surface area contributed by atoms with E-state index in [1.165, 1.54) is 5.56 Å². The molecule has 2 aromatic rings. The number of rotatable bonds is 4. The fourth-order valence-corrected chi connectivity index (χ4v) is 1.66. The Hall–Kier alpha value is -1.54. The third-order valence-corrected chi connectivity index (χ3v) is 2.63. The van der Waals surface area contributed by atoms with E-state index < -0.39 is 0 Å². The molecule has 3 heteroatoms. The molecular weight excluding hydrogens is 220 g/mol. The molecule has 0 fully saturated rings. The van der Waals surface area contributed by atoms with Gasteiger partial charge in [-0.25, -0.2) is 0 Å². The Morgan fingerprint density at radius 3 is 2.56 bits per heavy atom. The first kappa shape index (κ1) is 11.0. The summed E-state index contributed by atoms with van der Waals surface area (Å²) >= 11 is 5.79. The number of pyridine rings is 1. The van der Waals surface area contributed by atoms with Crippen molar-refractivity contribution in [2.45, 2.75) is 12.4 Å². The van der Waals surface area contributed by atoms with E-state index in [0.29, 0.717) is 5.88 Å². The molecule has 0 unspecified atom stereocenters. The second-order valence-electron chi connectivity index (χ2n) is 3.54. The molecular formula is C13H13ClN2. The Bertz CT molecular complexity index is 443. The summed E-state index contributed by atoms with van der Waals surface area (Å²) in [5.74, 6) is 0.559. The lowest BCUT2D eigenvalue weighted by Crippen LogP contribution is -1.99. The van der Waals surface area contributed by atoms with Crippen molar-refractivity contribution in [1.82, 2.24) is 4.98 Å².